The molecule has 0 spiro atoms. The zero-order valence-corrected chi connectivity index (χ0v) is 19.3. The second-order valence-electron chi connectivity index (χ2n) is 6.43. The third-order valence-corrected chi connectivity index (χ3v) is 4.76. The first-order valence-corrected chi connectivity index (χ1v) is 9.60. The van der Waals surface area contributed by atoms with E-state index in [1.54, 1.807) is 13.3 Å². The Hall–Kier alpha value is -1.74. The molecule has 1 aliphatic rings. The van der Waals surface area contributed by atoms with Gasteiger partial charge in [0.25, 0.3) is 0 Å². The molecule has 2 N–H and O–H groups in total. The predicted octanol–water partition coefficient (Wildman–Crippen LogP) is 3.70. The van der Waals surface area contributed by atoms with Gasteiger partial charge >= 0.3 is 0 Å². The summed E-state index contributed by atoms with van der Waals surface area (Å²) in [7, 11) is 1.67. The van der Waals surface area contributed by atoms with Gasteiger partial charge in [-0.15, -0.1) is 24.0 Å². The van der Waals surface area contributed by atoms with E-state index < -0.39 is 0 Å². The third kappa shape index (κ3) is 6.13. The summed E-state index contributed by atoms with van der Waals surface area (Å²) in [5, 5.41) is 7.54. The van der Waals surface area contributed by atoms with Crippen LogP contribution in [0.2, 0.25) is 5.02 Å². The van der Waals surface area contributed by atoms with E-state index in [-0.39, 0.29) is 24.0 Å². The first-order chi connectivity index (χ1) is 13.2. The van der Waals surface area contributed by atoms with Crippen molar-refractivity contribution in [3.63, 3.8) is 0 Å². The van der Waals surface area contributed by atoms with Crippen molar-refractivity contribution >= 4 is 47.4 Å². The SMILES string of the molecule is CCNC(=NCc1cccc(OC)c1)NC1CCN(c2ncccc2Cl)C1.I. The Morgan fingerprint density at radius 3 is 2.96 bits per heavy atom. The Labute approximate surface area is 188 Å². The summed E-state index contributed by atoms with van der Waals surface area (Å²) in [6, 6.07) is 12.0. The van der Waals surface area contributed by atoms with Crippen LogP contribution in [0.4, 0.5) is 5.82 Å². The summed E-state index contributed by atoms with van der Waals surface area (Å²) in [4.78, 5) is 11.3. The fraction of sp³-hybridized carbons (Fsp3) is 0.400. The number of anilines is 1. The number of guanidine groups is 1. The first-order valence-electron chi connectivity index (χ1n) is 9.23. The number of aliphatic imine (C=N–C) groups is 1. The maximum absolute atomic E-state index is 6.28. The molecule has 0 saturated carbocycles. The molecule has 152 valence electrons. The molecule has 28 heavy (non-hydrogen) atoms. The van der Waals surface area contributed by atoms with E-state index in [0.29, 0.717) is 17.6 Å². The first kappa shape index (κ1) is 22.5. The zero-order valence-electron chi connectivity index (χ0n) is 16.2. The van der Waals surface area contributed by atoms with Crippen LogP contribution < -0.4 is 20.3 Å². The van der Waals surface area contributed by atoms with E-state index in [1.165, 1.54) is 0 Å². The fourth-order valence-electron chi connectivity index (χ4n) is 3.14. The van der Waals surface area contributed by atoms with E-state index in [2.05, 4.69) is 33.5 Å². The lowest BCUT2D eigenvalue weighted by Crippen LogP contribution is -2.44. The lowest BCUT2D eigenvalue weighted by atomic mass is 10.2. The van der Waals surface area contributed by atoms with E-state index in [1.807, 2.05) is 30.3 Å². The van der Waals surface area contributed by atoms with Crippen molar-refractivity contribution < 1.29 is 4.74 Å². The number of hydrogen-bond donors (Lipinski definition) is 2. The van der Waals surface area contributed by atoms with Crippen molar-refractivity contribution in [2.45, 2.75) is 25.9 Å². The van der Waals surface area contributed by atoms with Crippen molar-refractivity contribution in [2.75, 3.05) is 31.6 Å². The number of ether oxygens (including phenoxy) is 1. The second kappa shape index (κ2) is 11.3. The third-order valence-electron chi connectivity index (χ3n) is 4.47. The largest absolute Gasteiger partial charge is 0.497 e. The molecule has 1 saturated heterocycles. The van der Waals surface area contributed by atoms with Gasteiger partial charge in [-0.05, 0) is 43.2 Å². The van der Waals surface area contributed by atoms with Crippen molar-refractivity contribution in [3.05, 3.63) is 53.2 Å². The molecule has 3 rings (SSSR count). The maximum Gasteiger partial charge on any atom is 0.191 e. The highest BCUT2D eigenvalue weighted by atomic mass is 127. The lowest BCUT2D eigenvalue weighted by molar-refractivity contribution is 0.414. The Kier molecular flexibility index (Phi) is 9.11. The highest BCUT2D eigenvalue weighted by Gasteiger charge is 2.25. The molecule has 1 fully saturated rings. The molecule has 8 heteroatoms. The Morgan fingerprint density at radius 2 is 2.21 bits per heavy atom. The fourth-order valence-corrected chi connectivity index (χ4v) is 3.38. The molecule has 1 unspecified atom stereocenters. The van der Waals surface area contributed by atoms with Crippen molar-refractivity contribution in [3.8, 4) is 5.75 Å². The van der Waals surface area contributed by atoms with E-state index >= 15 is 0 Å². The topological polar surface area (TPSA) is 61.8 Å². The second-order valence-corrected chi connectivity index (χ2v) is 6.84. The number of methoxy groups -OCH3 is 1. The summed E-state index contributed by atoms with van der Waals surface area (Å²) < 4.78 is 5.28. The van der Waals surface area contributed by atoms with Gasteiger partial charge < -0.3 is 20.3 Å². The zero-order chi connectivity index (χ0) is 19.1. The van der Waals surface area contributed by atoms with Gasteiger partial charge in [0, 0.05) is 31.9 Å². The van der Waals surface area contributed by atoms with E-state index in [0.717, 1.165) is 49.1 Å². The van der Waals surface area contributed by atoms with Crippen LogP contribution >= 0.6 is 35.6 Å². The monoisotopic (exact) mass is 515 g/mol. The normalized spacial score (nSPS) is 16.5. The smallest absolute Gasteiger partial charge is 0.191 e. The molecule has 6 nitrogen and oxygen atoms in total. The summed E-state index contributed by atoms with van der Waals surface area (Å²) in [6.45, 7) is 5.24. The van der Waals surface area contributed by atoms with Crippen LogP contribution in [-0.4, -0.2) is 43.7 Å². The molecular formula is C20H27ClIN5O. The van der Waals surface area contributed by atoms with Crippen LogP contribution in [0.25, 0.3) is 0 Å². The summed E-state index contributed by atoms with van der Waals surface area (Å²) in [5.74, 6) is 2.51. The molecule has 2 heterocycles. The Morgan fingerprint density at radius 1 is 1.36 bits per heavy atom. The highest BCUT2D eigenvalue weighted by Crippen LogP contribution is 2.25. The quantitative estimate of drug-likeness (QED) is 0.349. The minimum Gasteiger partial charge on any atom is -0.497 e. The number of nitrogens with zero attached hydrogens (tertiary/aromatic N) is 3. The molecule has 2 aromatic rings. The van der Waals surface area contributed by atoms with Gasteiger partial charge in [-0.25, -0.2) is 9.98 Å². The van der Waals surface area contributed by atoms with Gasteiger partial charge in [-0.3, -0.25) is 0 Å². The molecule has 1 atom stereocenters. The van der Waals surface area contributed by atoms with Crippen LogP contribution in [0, 0.1) is 0 Å². The Balaban J connectivity index is 0.00000280. The number of pyridine rings is 1. The summed E-state index contributed by atoms with van der Waals surface area (Å²) in [5.41, 5.74) is 1.11. The van der Waals surface area contributed by atoms with Crippen LogP contribution in [0.1, 0.15) is 18.9 Å². The molecule has 1 aromatic heterocycles. The van der Waals surface area contributed by atoms with Crippen molar-refractivity contribution in [2.24, 2.45) is 4.99 Å². The Bertz CT molecular complexity index is 789. The number of benzene rings is 1. The average molecular weight is 516 g/mol. The summed E-state index contributed by atoms with van der Waals surface area (Å²) >= 11 is 6.28. The molecule has 0 amide bonds. The molecule has 1 aromatic carbocycles. The van der Waals surface area contributed by atoms with Gasteiger partial charge in [-0.1, -0.05) is 23.7 Å². The number of halogens is 2. The summed E-state index contributed by atoms with van der Waals surface area (Å²) in [6.07, 6.45) is 2.79. The molecule has 1 aliphatic heterocycles. The molecular weight excluding hydrogens is 489 g/mol. The van der Waals surface area contributed by atoms with Crippen LogP contribution in [-0.2, 0) is 6.54 Å². The predicted molar refractivity (Wildman–Crippen MR) is 126 cm³/mol. The molecule has 0 bridgehead atoms. The minimum atomic E-state index is 0. The number of aromatic nitrogens is 1. The maximum atomic E-state index is 6.28. The van der Waals surface area contributed by atoms with E-state index in [9.17, 15) is 0 Å². The van der Waals surface area contributed by atoms with E-state index in [4.69, 9.17) is 21.3 Å². The average Bonchev–Trinajstić information content (AvgIpc) is 3.15. The van der Waals surface area contributed by atoms with Gasteiger partial charge in [0.05, 0.1) is 18.7 Å². The van der Waals surface area contributed by atoms with Crippen LogP contribution in [0.15, 0.2) is 47.6 Å². The molecule has 0 aliphatic carbocycles. The van der Waals surface area contributed by atoms with Crippen LogP contribution in [0.5, 0.6) is 5.75 Å². The van der Waals surface area contributed by atoms with Crippen molar-refractivity contribution in [1.82, 2.24) is 15.6 Å². The minimum absolute atomic E-state index is 0. The number of nitrogens with one attached hydrogen (secondary N) is 2. The highest BCUT2D eigenvalue weighted by molar-refractivity contribution is 14.0. The standard InChI is InChI=1S/C20H26ClN5O.HI/c1-3-22-20(24-13-15-6-4-7-17(12-15)27-2)25-16-9-11-26(14-16)19-18(21)8-5-10-23-19;/h4-8,10,12,16H,3,9,11,13-14H2,1-2H3,(H2,22,24,25);1H. The number of hydrogen-bond acceptors (Lipinski definition) is 4. The molecule has 0 radical (unpaired) electrons. The van der Waals surface area contributed by atoms with Crippen molar-refractivity contribution in [1.29, 1.82) is 0 Å². The van der Waals surface area contributed by atoms with Gasteiger partial charge in [0.2, 0.25) is 0 Å². The van der Waals surface area contributed by atoms with Gasteiger partial charge in [0.15, 0.2) is 5.96 Å². The van der Waals surface area contributed by atoms with Crippen LogP contribution in [0.3, 0.4) is 0 Å². The van der Waals surface area contributed by atoms with Gasteiger partial charge in [-0.2, -0.15) is 0 Å². The number of rotatable bonds is 6. The van der Waals surface area contributed by atoms with Gasteiger partial charge in [0.1, 0.15) is 11.6 Å². The lowest BCUT2D eigenvalue weighted by Gasteiger charge is -2.20.